The summed E-state index contributed by atoms with van der Waals surface area (Å²) < 4.78 is 39.4. The van der Waals surface area contributed by atoms with Crippen LogP contribution in [0.5, 0.6) is 0 Å². The van der Waals surface area contributed by atoms with Gasteiger partial charge in [0.25, 0.3) is 5.69 Å². The molecule has 0 N–H and O–H groups in total. The van der Waals surface area contributed by atoms with Crippen molar-refractivity contribution in [2.75, 3.05) is 0 Å². The Morgan fingerprint density at radius 3 is 2.11 bits per heavy atom. The van der Waals surface area contributed by atoms with Crippen LogP contribution >= 0.6 is 0 Å². The number of hydrogen-bond donors (Lipinski definition) is 0. The van der Waals surface area contributed by atoms with Gasteiger partial charge in [0.15, 0.2) is 0 Å². The molecule has 0 heterocycles. The molecule has 0 spiro atoms. The third-order valence-electron chi connectivity index (χ3n) is 2.38. The maximum atomic E-state index is 13.5. The van der Waals surface area contributed by atoms with Crippen LogP contribution in [0.3, 0.4) is 0 Å². The number of nitro groups is 1. The molecule has 0 saturated carbocycles. The lowest BCUT2D eigenvalue weighted by Gasteiger charge is -2.05. The SMILES string of the molecule is O=[N+]([O-])c1ccc(F)cc1-c1ccc(F)cc1F. The second-order valence-electron chi connectivity index (χ2n) is 3.54. The summed E-state index contributed by atoms with van der Waals surface area (Å²) in [5.74, 6) is -2.53. The molecule has 0 aromatic heterocycles. The molecule has 0 aliphatic heterocycles. The Balaban J connectivity index is 2.69. The van der Waals surface area contributed by atoms with Gasteiger partial charge in [0.05, 0.1) is 10.5 Å². The molecule has 2 aromatic rings. The summed E-state index contributed by atoms with van der Waals surface area (Å²) in [6.07, 6.45) is 0. The van der Waals surface area contributed by atoms with Crippen molar-refractivity contribution in [2.45, 2.75) is 0 Å². The summed E-state index contributed by atoms with van der Waals surface area (Å²) in [5, 5.41) is 10.8. The fourth-order valence-corrected chi connectivity index (χ4v) is 1.59. The molecule has 0 radical (unpaired) electrons. The maximum Gasteiger partial charge on any atom is 0.277 e. The Hall–Kier alpha value is -2.37. The van der Waals surface area contributed by atoms with Gasteiger partial charge in [-0.15, -0.1) is 0 Å². The zero-order valence-corrected chi connectivity index (χ0v) is 8.86. The van der Waals surface area contributed by atoms with E-state index >= 15 is 0 Å². The van der Waals surface area contributed by atoms with Crippen molar-refractivity contribution in [1.82, 2.24) is 0 Å². The van der Waals surface area contributed by atoms with Crippen molar-refractivity contribution in [2.24, 2.45) is 0 Å². The summed E-state index contributed by atoms with van der Waals surface area (Å²) in [7, 11) is 0. The minimum absolute atomic E-state index is 0.220. The first-order chi connectivity index (χ1) is 8.49. The monoisotopic (exact) mass is 253 g/mol. The van der Waals surface area contributed by atoms with Crippen molar-refractivity contribution in [1.29, 1.82) is 0 Å². The van der Waals surface area contributed by atoms with Gasteiger partial charge >= 0.3 is 0 Å². The molecule has 0 bridgehead atoms. The Kier molecular flexibility index (Phi) is 3.01. The molecule has 0 unspecified atom stereocenters. The van der Waals surface area contributed by atoms with Crippen LogP contribution in [-0.2, 0) is 0 Å². The van der Waals surface area contributed by atoms with Gasteiger partial charge in [-0.05, 0) is 24.3 Å². The molecule has 6 heteroatoms. The summed E-state index contributed by atoms with van der Waals surface area (Å²) in [5.41, 5.74) is -0.887. The van der Waals surface area contributed by atoms with Gasteiger partial charge in [-0.1, -0.05) is 0 Å². The topological polar surface area (TPSA) is 43.1 Å². The molecular formula is C12H6F3NO2. The molecule has 18 heavy (non-hydrogen) atoms. The molecular weight excluding hydrogens is 247 g/mol. The fraction of sp³-hybridized carbons (Fsp3) is 0. The van der Waals surface area contributed by atoms with E-state index in [2.05, 4.69) is 0 Å². The van der Waals surface area contributed by atoms with Gasteiger partial charge < -0.3 is 0 Å². The van der Waals surface area contributed by atoms with Crippen LogP contribution in [-0.4, -0.2) is 4.92 Å². The summed E-state index contributed by atoms with van der Waals surface area (Å²) in [4.78, 5) is 10.0. The van der Waals surface area contributed by atoms with Gasteiger partial charge in [0.2, 0.25) is 0 Å². The van der Waals surface area contributed by atoms with E-state index < -0.39 is 28.1 Å². The maximum absolute atomic E-state index is 13.5. The molecule has 0 amide bonds. The molecule has 2 aromatic carbocycles. The van der Waals surface area contributed by atoms with Gasteiger partial charge in [-0.3, -0.25) is 10.1 Å². The highest BCUT2D eigenvalue weighted by Gasteiger charge is 2.19. The van der Waals surface area contributed by atoms with Crippen LogP contribution in [0.15, 0.2) is 36.4 Å². The summed E-state index contributed by atoms with van der Waals surface area (Å²) in [6.45, 7) is 0. The highest BCUT2D eigenvalue weighted by Crippen LogP contribution is 2.32. The van der Waals surface area contributed by atoms with E-state index in [0.29, 0.717) is 6.07 Å². The van der Waals surface area contributed by atoms with Gasteiger partial charge in [0.1, 0.15) is 17.5 Å². The fourth-order valence-electron chi connectivity index (χ4n) is 1.59. The lowest BCUT2D eigenvalue weighted by atomic mass is 10.0. The molecule has 0 aliphatic carbocycles. The average molecular weight is 253 g/mol. The van der Waals surface area contributed by atoms with E-state index in [-0.39, 0.29) is 11.1 Å². The lowest BCUT2D eigenvalue weighted by molar-refractivity contribution is -0.384. The molecule has 92 valence electrons. The Bertz CT molecular complexity index is 629. The number of nitro benzene ring substituents is 1. The molecule has 0 fully saturated rings. The standard InChI is InChI=1S/C12H6F3NO2/c13-7-2-4-12(16(17)18)10(5-7)9-3-1-8(14)6-11(9)15/h1-6H. The van der Waals surface area contributed by atoms with E-state index in [1.807, 2.05) is 0 Å². The quantitative estimate of drug-likeness (QED) is 0.605. The van der Waals surface area contributed by atoms with Gasteiger partial charge in [-0.25, -0.2) is 13.2 Å². The van der Waals surface area contributed by atoms with Crippen LogP contribution in [0.1, 0.15) is 0 Å². The molecule has 0 aliphatic rings. The van der Waals surface area contributed by atoms with E-state index in [9.17, 15) is 23.3 Å². The molecule has 0 saturated heterocycles. The number of hydrogen-bond acceptors (Lipinski definition) is 2. The van der Waals surface area contributed by atoms with Gasteiger partial charge in [-0.2, -0.15) is 0 Å². The minimum atomic E-state index is -0.983. The van der Waals surface area contributed by atoms with Crippen molar-refractivity contribution in [3.8, 4) is 11.1 Å². The van der Waals surface area contributed by atoms with Crippen LogP contribution in [0.2, 0.25) is 0 Å². The second-order valence-corrected chi connectivity index (χ2v) is 3.54. The first-order valence-electron chi connectivity index (χ1n) is 4.88. The number of rotatable bonds is 2. The highest BCUT2D eigenvalue weighted by molar-refractivity contribution is 5.73. The number of halogens is 3. The van der Waals surface area contributed by atoms with Crippen LogP contribution in [0.4, 0.5) is 18.9 Å². The summed E-state index contributed by atoms with van der Waals surface area (Å²) >= 11 is 0. The molecule has 0 atom stereocenters. The Morgan fingerprint density at radius 1 is 0.889 bits per heavy atom. The van der Waals surface area contributed by atoms with Crippen LogP contribution in [0, 0.1) is 27.6 Å². The van der Waals surface area contributed by atoms with Crippen molar-refractivity contribution < 1.29 is 18.1 Å². The number of benzene rings is 2. The van der Waals surface area contributed by atoms with E-state index in [1.165, 1.54) is 0 Å². The third kappa shape index (κ3) is 2.17. The van der Waals surface area contributed by atoms with Crippen molar-refractivity contribution in [3.63, 3.8) is 0 Å². The largest absolute Gasteiger partial charge is 0.277 e. The van der Waals surface area contributed by atoms with Crippen molar-refractivity contribution >= 4 is 5.69 Å². The Morgan fingerprint density at radius 2 is 1.50 bits per heavy atom. The normalized spacial score (nSPS) is 10.4. The smallest absolute Gasteiger partial charge is 0.258 e. The van der Waals surface area contributed by atoms with Crippen LogP contribution < -0.4 is 0 Å². The first kappa shape index (κ1) is 12.1. The van der Waals surface area contributed by atoms with Crippen molar-refractivity contribution in [3.05, 3.63) is 64.0 Å². The zero-order valence-electron chi connectivity index (χ0n) is 8.86. The minimum Gasteiger partial charge on any atom is -0.258 e. The predicted octanol–water partition coefficient (Wildman–Crippen LogP) is 3.68. The third-order valence-corrected chi connectivity index (χ3v) is 2.38. The molecule has 2 rings (SSSR count). The summed E-state index contributed by atoms with van der Waals surface area (Å²) in [6, 6.07) is 5.26. The first-order valence-corrected chi connectivity index (χ1v) is 4.88. The second kappa shape index (κ2) is 4.48. The van der Waals surface area contributed by atoms with E-state index in [0.717, 1.165) is 30.3 Å². The van der Waals surface area contributed by atoms with E-state index in [4.69, 9.17) is 0 Å². The number of nitrogens with zero attached hydrogens (tertiary/aromatic N) is 1. The van der Waals surface area contributed by atoms with E-state index in [1.54, 1.807) is 0 Å². The average Bonchev–Trinajstić information content (AvgIpc) is 2.28. The van der Waals surface area contributed by atoms with Crippen LogP contribution in [0.25, 0.3) is 11.1 Å². The van der Waals surface area contributed by atoms with Gasteiger partial charge in [0, 0.05) is 17.7 Å². The molecule has 3 nitrogen and oxygen atoms in total. The lowest BCUT2D eigenvalue weighted by Crippen LogP contribution is -1.95. The Labute approximate surface area is 99.6 Å². The highest BCUT2D eigenvalue weighted by atomic mass is 19.1. The predicted molar refractivity (Wildman–Crippen MR) is 58.4 cm³/mol. The zero-order chi connectivity index (χ0) is 13.3.